The normalized spacial score (nSPS) is 13.4. The highest BCUT2D eigenvalue weighted by molar-refractivity contribution is 8.00. The summed E-state index contributed by atoms with van der Waals surface area (Å²) >= 11 is 1.09. The average Bonchev–Trinajstić information content (AvgIpc) is 2.76. The van der Waals surface area contributed by atoms with Crippen molar-refractivity contribution in [1.82, 2.24) is 15.3 Å². The lowest BCUT2D eigenvalue weighted by Crippen LogP contribution is -2.38. The van der Waals surface area contributed by atoms with Crippen LogP contribution in [0.25, 0.3) is 11.0 Å². The summed E-state index contributed by atoms with van der Waals surface area (Å²) in [7, 11) is 0. The van der Waals surface area contributed by atoms with Gasteiger partial charge in [0.15, 0.2) is 5.16 Å². The molecule has 1 aromatic carbocycles. The summed E-state index contributed by atoms with van der Waals surface area (Å²) in [4.78, 5) is 18.9. The van der Waals surface area contributed by atoms with Gasteiger partial charge in [-0.05, 0) is 31.5 Å². The molecule has 2 N–H and O–H groups in total. The van der Waals surface area contributed by atoms with Crippen LogP contribution in [0.5, 0.6) is 0 Å². The molecule has 0 fully saturated rings. The molecule has 1 unspecified atom stereocenters. The van der Waals surface area contributed by atoms with Gasteiger partial charge in [-0.2, -0.15) is 13.2 Å². The number of imidazole rings is 1. The van der Waals surface area contributed by atoms with Crippen LogP contribution in [0.3, 0.4) is 0 Å². The molecule has 114 valence electrons. The molecular formula is C13H14F3N3OS. The Kier molecular flexibility index (Phi) is 4.46. The van der Waals surface area contributed by atoms with Gasteiger partial charge in [-0.15, -0.1) is 0 Å². The van der Waals surface area contributed by atoms with Crippen molar-refractivity contribution in [3.63, 3.8) is 0 Å². The van der Waals surface area contributed by atoms with Crippen LogP contribution in [0.1, 0.15) is 12.5 Å². The smallest absolute Gasteiger partial charge is 0.346 e. The number of aromatic amines is 1. The topological polar surface area (TPSA) is 57.8 Å². The third kappa shape index (κ3) is 4.38. The van der Waals surface area contributed by atoms with E-state index in [1.807, 2.05) is 30.4 Å². The fourth-order valence-electron chi connectivity index (χ4n) is 1.71. The van der Waals surface area contributed by atoms with E-state index in [-0.39, 0.29) is 0 Å². The van der Waals surface area contributed by atoms with Gasteiger partial charge < -0.3 is 10.3 Å². The number of alkyl halides is 3. The van der Waals surface area contributed by atoms with Crippen molar-refractivity contribution in [2.45, 2.75) is 30.4 Å². The summed E-state index contributed by atoms with van der Waals surface area (Å²) in [6, 6.07) is 5.68. The van der Waals surface area contributed by atoms with E-state index < -0.39 is 23.9 Å². The molecule has 0 spiro atoms. The summed E-state index contributed by atoms with van der Waals surface area (Å²) in [5.41, 5.74) is 2.66. The number of aryl methyl sites for hydroxylation is 1. The van der Waals surface area contributed by atoms with Gasteiger partial charge in [-0.3, -0.25) is 4.79 Å². The highest BCUT2D eigenvalue weighted by atomic mass is 32.2. The maximum absolute atomic E-state index is 12.0. The molecule has 0 aliphatic heterocycles. The quantitative estimate of drug-likeness (QED) is 0.852. The molecule has 2 aromatic rings. The Balaban J connectivity index is 2.00. The van der Waals surface area contributed by atoms with Crippen molar-refractivity contribution in [2.75, 3.05) is 6.54 Å². The van der Waals surface area contributed by atoms with Crippen LogP contribution in [0.4, 0.5) is 13.2 Å². The Bertz CT molecular complexity index is 654. The molecule has 0 radical (unpaired) electrons. The van der Waals surface area contributed by atoms with Crippen molar-refractivity contribution in [1.29, 1.82) is 0 Å². The number of nitrogens with zero attached hydrogens (tertiary/aromatic N) is 1. The number of rotatable bonds is 4. The lowest BCUT2D eigenvalue weighted by Gasteiger charge is -2.12. The molecule has 0 aliphatic rings. The first kappa shape index (κ1) is 15.7. The Hall–Kier alpha value is -1.70. The summed E-state index contributed by atoms with van der Waals surface area (Å²) in [5, 5.41) is 1.69. The number of hydrogen-bond donors (Lipinski definition) is 2. The zero-order valence-electron chi connectivity index (χ0n) is 11.4. The average molecular weight is 317 g/mol. The lowest BCUT2D eigenvalue weighted by molar-refractivity contribution is -0.137. The van der Waals surface area contributed by atoms with E-state index in [2.05, 4.69) is 9.97 Å². The number of amides is 1. The monoisotopic (exact) mass is 317 g/mol. The van der Waals surface area contributed by atoms with Gasteiger partial charge in [0.25, 0.3) is 0 Å². The molecular weight excluding hydrogens is 303 g/mol. The lowest BCUT2D eigenvalue weighted by atomic mass is 10.2. The summed E-state index contributed by atoms with van der Waals surface area (Å²) < 4.78 is 36.1. The Morgan fingerprint density at radius 3 is 2.86 bits per heavy atom. The third-order valence-corrected chi connectivity index (χ3v) is 3.72. The highest BCUT2D eigenvalue weighted by Crippen LogP contribution is 2.24. The number of fused-ring (bicyclic) bond motifs is 1. The number of nitrogens with one attached hydrogen (secondary N) is 2. The fraction of sp³-hybridized carbons (Fsp3) is 0.385. The number of H-pyrrole nitrogens is 1. The predicted molar refractivity (Wildman–Crippen MR) is 75.2 cm³/mol. The second kappa shape index (κ2) is 5.97. The van der Waals surface area contributed by atoms with Crippen LogP contribution in [0.15, 0.2) is 23.4 Å². The van der Waals surface area contributed by atoms with E-state index in [1.165, 1.54) is 6.92 Å². The SMILES string of the molecule is Cc1ccc2nc(SC(C)C(=O)NCC(F)(F)F)[nH]c2c1. The molecule has 1 atom stereocenters. The first-order chi connectivity index (χ1) is 9.74. The number of benzene rings is 1. The van der Waals surface area contributed by atoms with E-state index in [0.29, 0.717) is 5.16 Å². The van der Waals surface area contributed by atoms with Gasteiger partial charge in [0.1, 0.15) is 6.54 Å². The number of thioether (sulfide) groups is 1. The van der Waals surface area contributed by atoms with Crippen LogP contribution in [-0.2, 0) is 4.79 Å². The molecule has 1 aromatic heterocycles. The maximum atomic E-state index is 12.0. The fourth-order valence-corrected chi connectivity index (χ4v) is 2.55. The van der Waals surface area contributed by atoms with Crippen molar-refractivity contribution < 1.29 is 18.0 Å². The van der Waals surface area contributed by atoms with E-state index in [1.54, 1.807) is 0 Å². The second-order valence-electron chi connectivity index (χ2n) is 4.66. The highest BCUT2D eigenvalue weighted by Gasteiger charge is 2.29. The Labute approximate surface area is 123 Å². The molecule has 8 heteroatoms. The van der Waals surface area contributed by atoms with Crippen LogP contribution >= 0.6 is 11.8 Å². The zero-order valence-corrected chi connectivity index (χ0v) is 12.2. The van der Waals surface area contributed by atoms with Crippen molar-refractivity contribution in [3.8, 4) is 0 Å². The van der Waals surface area contributed by atoms with Gasteiger partial charge in [0.2, 0.25) is 5.91 Å². The largest absolute Gasteiger partial charge is 0.405 e. The molecule has 21 heavy (non-hydrogen) atoms. The number of hydrogen-bond acceptors (Lipinski definition) is 3. The molecule has 0 bridgehead atoms. The van der Waals surface area contributed by atoms with Crippen LogP contribution in [0.2, 0.25) is 0 Å². The first-order valence-electron chi connectivity index (χ1n) is 6.22. The number of carbonyl (C=O) groups is 1. The minimum absolute atomic E-state index is 0.505. The zero-order chi connectivity index (χ0) is 15.6. The number of carbonyl (C=O) groups excluding carboxylic acids is 1. The van der Waals surface area contributed by atoms with Crippen molar-refractivity contribution >= 4 is 28.7 Å². The summed E-state index contributed by atoms with van der Waals surface area (Å²) in [6.07, 6.45) is -4.41. The maximum Gasteiger partial charge on any atom is 0.405 e. The predicted octanol–water partition coefficient (Wildman–Crippen LogP) is 3.03. The van der Waals surface area contributed by atoms with Crippen LogP contribution < -0.4 is 5.32 Å². The van der Waals surface area contributed by atoms with E-state index in [0.717, 1.165) is 28.4 Å². The summed E-state index contributed by atoms with van der Waals surface area (Å²) in [6.45, 7) is 2.16. The van der Waals surface area contributed by atoms with Crippen molar-refractivity contribution in [3.05, 3.63) is 23.8 Å². The van der Waals surface area contributed by atoms with E-state index in [9.17, 15) is 18.0 Å². The van der Waals surface area contributed by atoms with Gasteiger partial charge >= 0.3 is 6.18 Å². The van der Waals surface area contributed by atoms with Crippen molar-refractivity contribution in [2.24, 2.45) is 0 Å². The van der Waals surface area contributed by atoms with Gasteiger partial charge in [0.05, 0.1) is 16.3 Å². The van der Waals surface area contributed by atoms with E-state index in [4.69, 9.17) is 0 Å². The molecule has 1 heterocycles. The number of aromatic nitrogens is 2. The van der Waals surface area contributed by atoms with Crippen LogP contribution in [0, 0.1) is 6.92 Å². The number of halogens is 3. The molecule has 1 amide bonds. The minimum atomic E-state index is -4.41. The minimum Gasteiger partial charge on any atom is -0.346 e. The Morgan fingerprint density at radius 2 is 2.19 bits per heavy atom. The standard InChI is InChI=1S/C13H14F3N3OS/c1-7-3-4-9-10(5-7)19-12(18-9)21-8(2)11(20)17-6-13(14,15)16/h3-5,8H,6H2,1-2H3,(H,17,20)(H,18,19). The molecule has 4 nitrogen and oxygen atoms in total. The van der Waals surface area contributed by atoms with Crippen LogP contribution in [-0.4, -0.2) is 33.8 Å². The van der Waals surface area contributed by atoms with Gasteiger partial charge in [0, 0.05) is 0 Å². The molecule has 2 rings (SSSR count). The van der Waals surface area contributed by atoms with Gasteiger partial charge in [-0.1, -0.05) is 17.8 Å². The molecule has 0 saturated carbocycles. The molecule has 0 saturated heterocycles. The molecule has 0 aliphatic carbocycles. The first-order valence-corrected chi connectivity index (χ1v) is 7.10. The second-order valence-corrected chi connectivity index (χ2v) is 5.99. The van der Waals surface area contributed by atoms with Gasteiger partial charge in [-0.25, -0.2) is 4.98 Å². The Morgan fingerprint density at radius 1 is 1.48 bits per heavy atom. The van der Waals surface area contributed by atoms with E-state index >= 15 is 0 Å². The third-order valence-electron chi connectivity index (χ3n) is 2.74. The summed E-state index contributed by atoms with van der Waals surface area (Å²) in [5.74, 6) is -0.672.